The van der Waals surface area contributed by atoms with Crippen molar-refractivity contribution in [3.63, 3.8) is 0 Å². The minimum absolute atomic E-state index is 0.0159. The van der Waals surface area contributed by atoms with Crippen LogP contribution in [0.15, 0.2) is 12.1 Å². The maximum Gasteiger partial charge on any atom is 0.238 e. The smallest absolute Gasteiger partial charge is 0.238 e. The van der Waals surface area contributed by atoms with Crippen molar-refractivity contribution in [1.82, 2.24) is 9.62 Å². The van der Waals surface area contributed by atoms with E-state index in [1.165, 1.54) is 0 Å². The summed E-state index contributed by atoms with van der Waals surface area (Å²) in [5.74, 6) is -3.37. The van der Waals surface area contributed by atoms with Crippen LogP contribution in [-0.2, 0) is 21.2 Å². The maximum absolute atomic E-state index is 14.0. The summed E-state index contributed by atoms with van der Waals surface area (Å²) in [6.45, 7) is -0.234. The molecule has 0 spiro atoms. The Morgan fingerprint density at radius 2 is 1.67 bits per heavy atom. The molecule has 1 aromatic carbocycles. The molecule has 4 rings (SSSR count). The fraction of sp³-hybridized carbons (Fsp3) is 0.650. The monoisotopic (exact) mass is 445 g/mol. The highest BCUT2D eigenvalue weighted by Gasteiger charge is 2.45. The van der Waals surface area contributed by atoms with Crippen molar-refractivity contribution in [3.8, 4) is 0 Å². The summed E-state index contributed by atoms with van der Waals surface area (Å²) in [6, 6.07) is 0.868. The number of rotatable bonds is 7. The predicted molar refractivity (Wildman–Crippen MR) is 104 cm³/mol. The van der Waals surface area contributed by atoms with Crippen LogP contribution in [0, 0.1) is 23.4 Å². The number of hydrogen-bond donors (Lipinski definition) is 2. The molecule has 166 valence electrons. The fourth-order valence-corrected chi connectivity index (χ4v) is 6.18. The van der Waals surface area contributed by atoms with Gasteiger partial charge in [0.2, 0.25) is 15.9 Å². The molecule has 3 aliphatic rings. The Labute approximate surface area is 174 Å². The van der Waals surface area contributed by atoms with Crippen LogP contribution in [0.4, 0.5) is 13.2 Å². The molecule has 6 nitrogen and oxygen atoms in total. The number of carbonyl (C=O) groups excluding carboxylic acids is 1. The second kappa shape index (κ2) is 8.12. The van der Waals surface area contributed by atoms with Gasteiger partial charge >= 0.3 is 0 Å². The van der Waals surface area contributed by atoms with Crippen LogP contribution >= 0.6 is 0 Å². The normalized spacial score (nSPS) is 27.3. The van der Waals surface area contributed by atoms with Crippen LogP contribution in [0.3, 0.4) is 0 Å². The van der Waals surface area contributed by atoms with Gasteiger partial charge in [-0.2, -0.15) is 0 Å². The summed E-state index contributed by atoms with van der Waals surface area (Å²) in [6.07, 6.45) is 4.24. The number of nitrogens with two attached hydrogens (primary N) is 1. The van der Waals surface area contributed by atoms with Gasteiger partial charge in [0.1, 0.15) is 5.82 Å². The summed E-state index contributed by atoms with van der Waals surface area (Å²) in [4.78, 5) is 14.4. The van der Waals surface area contributed by atoms with E-state index in [0.717, 1.165) is 18.9 Å². The van der Waals surface area contributed by atoms with Crippen LogP contribution < -0.4 is 10.5 Å². The molecule has 1 saturated carbocycles. The van der Waals surface area contributed by atoms with E-state index in [4.69, 9.17) is 5.73 Å². The van der Waals surface area contributed by atoms with Crippen LogP contribution in [0.25, 0.3) is 0 Å². The third-order valence-electron chi connectivity index (χ3n) is 6.60. The molecule has 2 unspecified atom stereocenters. The standard InChI is InChI=1S/C20H26F3N3O3S/c21-16-9-18(23)17(22)7-11(16)8-19(24)12-5-13-1-2-14(6-12)26(13)20(27)10-25-30(28,29)15-3-4-15/h7,9,12-15,19,25H,1-6,8,10,24H2/t12?,13?,14?,19-/m0/s1. The first-order valence-electron chi connectivity index (χ1n) is 10.3. The maximum atomic E-state index is 14.0. The van der Waals surface area contributed by atoms with E-state index in [0.29, 0.717) is 31.7 Å². The van der Waals surface area contributed by atoms with E-state index in [-0.39, 0.29) is 47.7 Å². The highest BCUT2D eigenvalue weighted by atomic mass is 32.2. The zero-order valence-electron chi connectivity index (χ0n) is 16.5. The zero-order valence-corrected chi connectivity index (χ0v) is 17.3. The molecule has 2 saturated heterocycles. The minimum Gasteiger partial charge on any atom is -0.336 e. The third kappa shape index (κ3) is 4.36. The Morgan fingerprint density at radius 1 is 1.07 bits per heavy atom. The molecule has 2 aliphatic heterocycles. The van der Waals surface area contributed by atoms with Crippen LogP contribution in [0.2, 0.25) is 0 Å². The molecule has 10 heteroatoms. The van der Waals surface area contributed by atoms with E-state index in [9.17, 15) is 26.4 Å². The Morgan fingerprint density at radius 3 is 2.27 bits per heavy atom. The van der Waals surface area contributed by atoms with E-state index in [1.54, 1.807) is 4.90 Å². The van der Waals surface area contributed by atoms with E-state index in [1.807, 2.05) is 0 Å². The average molecular weight is 446 g/mol. The summed E-state index contributed by atoms with van der Waals surface area (Å²) in [5, 5.41) is -0.373. The minimum atomic E-state index is -3.42. The molecule has 1 aliphatic carbocycles. The summed E-state index contributed by atoms with van der Waals surface area (Å²) in [7, 11) is -3.42. The van der Waals surface area contributed by atoms with Crippen molar-refractivity contribution >= 4 is 15.9 Å². The first-order valence-corrected chi connectivity index (χ1v) is 11.9. The molecule has 2 heterocycles. The number of carbonyl (C=O) groups is 1. The molecule has 2 bridgehead atoms. The number of nitrogens with zero attached hydrogens (tertiary/aromatic N) is 1. The number of hydrogen-bond acceptors (Lipinski definition) is 4. The van der Waals surface area contributed by atoms with Crippen LogP contribution in [0.1, 0.15) is 44.1 Å². The van der Waals surface area contributed by atoms with Crippen LogP contribution in [-0.4, -0.2) is 49.1 Å². The number of piperidine rings is 1. The third-order valence-corrected chi connectivity index (χ3v) is 8.49. The molecule has 3 fully saturated rings. The highest BCUT2D eigenvalue weighted by Crippen LogP contribution is 2.40. The summed E-state index contributed by atoms with van der Waals surface area (Å²) < 4.78 is 66.9. The van der Waals surface area contributed by atoms with Crippen molar-refractivity contribution in [1.29, 1.82) is 0 Å². The van der Waals surface area contributed by atoms with Crippen LogP contribution in [0.5, 0.6) is 0 Å². The quantitative estimate of drug-likeness (QED) is 0.627. The van der Waals surface area contributed by atoms with Gasteiger partial charge in [0, 0.05) is 24.2 Å². The van der Waals surface area contributed by atoms with E-state index < -0.39 is 33.5 Å². The number of halogens is 3. The number of nitrogens with one attached hydrogen (secondary N) is 1. The Hall–Kier alpha value is -1.65. The van der Waals surface area contributed by atoms with Gasteiger partial charge in [0.05, 0.1) is 11.8 Å². The van der Waals surface area contributed by atoms with Gasteiger partial charge in [0.15, 0.2) is 11.6 Å². The molecular weight excluding hydrogens is 419 g/mol. The number of fused-ring (bicyclic) bond motifs is 2. The van der Waals surface area contributed by atoms with E-state index >= 15 is 0 Å². The molecule has 0 radical (unpaired) electrons. The molecule has 3 N–H and O–H groups in total. The lowest BCUT2D eigenvalue weighted by atomic mass is 9.82. The molecule has 3 atom stereocenters. The SMILES string of the molecule is N[C@@H](Cc1cc(F)c(F)cc1F)C1CC2CCC(C1)N2C(=O)CNS(=O)(=O)C1CC1. The fourth-order valence-electron chi connectivity index (χ4n) is 4.87. The Balaban J connectivity index is 1.36. The van der Waals surface area contributed by atoms with Gasteiger partial charge in [-0.1, -0.05) is 0 Å². The van der Waals surface area contributed by atoms with Gasteiger partial charge in [-0.25, -0.2) is 26.3 Å². The van der Waals surface area contributed by atoms with Crippen molar-refractivity contribution < 1.29 is 26.4 Å². The molecule has 1 aromatic rings. The molecular formula is C20H26F3N3O3S. The first kappa shape index (κ1) is 21.6. The molecule has 1 amide bonds. The Bertz CT molecular complexity index is 925. The van der Waals surface area contributed by atoms with Crippen molar-refractivity contribution in [2.75, 3.05) is 6.54 Å². The Kier molecular flexibility index (Phi) is 5.84. The number of amides is 1. The van der Waals surface area contributed by atoms with Gasteiger partial charge < -0.3 is 10.6 Å². The predicted octanol–water partition coefficient (Wildman–Crippen LogP) is 1.83. The zero-order chi connectivity index (χ0) is 21.6. The van der Waals surface area contributed by atoms with E-state index in [2.05, 4.69) is 4.72 Å². The van der Waals surface area contributed by atoms with Crippen molar-refractivity contribution in [2.24, 2.45) is 11.7 Å². The highest BCUT2D eigenvalue weighted by molar-refractivity contribution is 7.90. The average Bonchev–Trinajstić information content (AvgIpc) is 3.50. The first-order chi connectivity index (χ1) is 14.2. The van der Waals surface area contributed by atoms with Gasteiger partial charge in [0.25, 0.3) is 0 Å². The number of benzene rings is 1. The van der Waals surface area contributed by atoms with Crippen molar-refractivity contribution in [2.45, 2.75) is 68.3 Å². The lowest BCUT2D eigenvalue weighted by Crippen LogP contribution is -2.52. The molecule has 30 heavy (non-hydrogen) atoms. The number of sulfonamides is 1. The lowest BCUT2D eigenvalue weighted by Gasteiger charge is -2.41. The largest absolute Gasteiger partial charge is 0.336 e. The van der Waals surface area contributed by atoms with Gasteiger partial charge in [-0.15, -0.1) is 0 Å². The van der Waals surface area contributed by atoms with Gasteiger partial charge in [-0.3, -0.25) is 4.79 Å². The summed E-state index contributed by atoms with van der Waals surface area (Å²) in [5.41, 5.74) is 6.33. The summed E-state index contributed by atoms with van der Waals surface area (Å²) >= 11 is 0. The topological polar surface area (TPSA) is 92.5 Å². The lowest BCUT2D eigenvalue weighted by molar-refractivity contribution is -0.135. The second-order valence-electron chi connectivity index (χ2n) is 8.71. The molecule has 0 aromatic heterocycles. The van der Waals surface area contributed by atoms with Crippen molar-refractivity contribution in [3.05, 3.63) is 35.1 Å². The second-order valence-corrected chi connectivity index (χ2v) is 10.8. The van der Waals surface area contributed by atoms with Gasteiger partial charge in [-0.05, 0) is 62.5 Å².